The van der Waals surface area contributed by atoms with Gasteiger partial charge in [0.25, 0.3) is 0 Å². The molecule has 3 aromatic heterocycles. The van der Waals surface area contributed by atoms with Gasteiger partial charge in [-0.1, -0.05) is 0 Å². The standard InChI is InChI=1S/C11H14N8/c1-7-3-14-19(5-7)6-9-15-10(17-12)8-4-13-18(2)11(8)16-9/h3-5H,6,12H2,1-2H3,(H,15,16,17). The molecule has 0 aliphatic heterocycles. The number of aromatic nitrogens is 6. The highest BCUT2D eigenvalue weighted by Crippen LogP contribution is 2.18. The maximum atomic E-state index is 5.49. The molecule has 8 heteroatoms. The summed E-state index contributed by atoms with van der Waals surface area (Å²) in [6.07, 6.45) is 5.42. The summed E-state index contributed by atoms with van der Waals surface area (Å²) in [4.78, 5) is 8.86. The van der Waals surface area contributed by atoms with E-state index in [1.807, 2.05) is 20.2 Å². The average molecular weight is 258 g/mol. The largest absolute Gasteiger partial charge is 0.308 e. The van der Waals surface area contributed by atoms with Crippen LogP contribution in [0.5, 0.6) is 0 Å². The van der Waals surface area contributed by atoms with E-state index in [9.17, 15) is 0 Å². The predicted molar refractivity (Wildman–Crippen MR) is 70.2 cm³/mol. The van der Waals surface area contributed by atoms with Crippen LogP contribution in [0.3, 0.4) is 0 Å². The van der Waals surface area contributed by atoms with Crippen LogP contribution < -0.4 is 11.3 Å². The highest BCUT2D eigenvalue weighted by molar-refractivity contribution is 5.86. The van der Waals surface area contributed by atoms with Gasteiger partial charge < -0.3 is 5.43 Å². The molecular formula is C11H14N8. The molecular weight excluding hydrogens is 244 g/mol. The molecule has 0 atom stereocenters. The van der Waals surface area contributed by atoms with Crippen LogP contribution >= 0.6 is 0 Å². The van der Waals surface area contributed by atoms with E-state index in [0.717, 1.165) is 16.6 Å². The van der Waals surface area contributed by atoms with Gasteiger partial charge in [0.2, 0.25) is 0 Å². The second-order valence-corrected chi connectivity index (χ2v) is 4.35. The SMILES string of the molecule is Cc1cnn(Cc2nc(NN)c3cnn(C)c3n2)c1. The first-order chi connectivity index (χ1) is 9.17. The van der Waals surface area contributed by atoms with Gasteiger partial charge in [0.05, 0.1) is 17.8 Å². The molecule has 0 fully saturated rings. The van der Waals surface area contributed by atoms with Crippen molar-refractivity contribution in [1.82, 2.24) is 29.5 Å². The summed E-state index contributed by atoms with van der Waals surface area (Å²) in [5.74, 6) is 6.69. The van der Waals surface area contributed by atoms with Gasteiger partial charge >= 0.3 is 0 Å². The van der Waals surface area contributed by atoms with E-state index < -0.39 is 0 Å². The first kappa shape index (κ1) is 11.6. The Labute approximate surface area is 109 Å². The minimum atomic E-state index is 0.490. The lowest BCUT2D eigenvalue weighted by Crippen LogP contribution is -2.13. The zero-order valence-corrected chi connectivity index (χ0v) is 10.7. The summed E-state index contributed by atoms with van der Waals surface area (Å²) in [6, 6.07) is 0. The number of aryl methyl sites for hydroxylation is 2. The Morgan fingerprint density at radius 2 is 2.11 bits per heavy atom. The quantitative estimate of drug-likeness (QED) is 0.514. The first-order valence-electron chi connectivity index (χ1n) is 5.81. The Kier molecular flexibility index (Phi) is 2.64. The van der Waals surface area contributed by atoms with Crippen molar-refractivity contribution in [2.45, 2.75) is 13.5 Å². The van der Waals surface area contributed by atoms with Gasteiger partial charge in [0.1, 0.15) is 6.54 Å². The van der Waals surface area contributed by atoms with Crippen molar-refractivity contribution < 1.29 is 0 Å². The van der Waals surface area contributed by atoms with Gasteiger partial charge in [-0.2, -0.15) is 10.2 Å². The number of nitrogen functional groups attached to an aromatic ring is 1. The molecule has 98 valence electrons. The third-order valence-corrected chi connectivity index (χ3v) is 2.84. The van der Waals surface area contributed by atoms with Crippen molar-refractivity contribution in [3.8, 4) is 0 Å². The number of nitrogens with two attached hydrogens (primary N) is 1. The van der Waals surface area contributed by atoms with Crippen LogP contribution in [0.4, 0.5) is 5.82 Å². The molecule has 0 bridgehead atoms. The lowest BCUT2D eigenvalue weighted by molar-refractivity contribution is 0.655. The Hall–Kier alpha value is -2.48. The van der Waals surface area contributed by atoms with Crippen molar-refractivity contribution >= 4 is 16.9 Å². The Balaban J connectivity index is 2.06. The maximum absolute atomic E-state index is 5.49. The molecule has 0 spiro atoms. The number of anilines is 1. The number of rotatable bonds is 3. The fraction of sp³-hybridized carbons (Fsp3) is 0.273. The minimum absolute atomic E-state index is 0.490. The van der Waals surface area contributed by atoms with Crippen molar-refractivity contribution in [3.05, 3.63) is 30.0 Å². The summed E-state index contributed by atoms with van der Waals surface area (Å²) in [5, 5.41) is 9.17. The highest BCUT2D eigenvalue weighted by atomic mass is 15.3. The Morgan fingerprint density at radius 1 is 1.26 bits per heavy atom. The fourth-order valence-corrected chi connectivity index (χ4v) is 1.95. The molecule has 0 radical (unpaired) electrons. The smallest absolute Gasteiger partial charge is 0.163 e. The molecule has 3 rings (SSSR count). The van der Waals surface area contributed by atoms with Gasteiger partial charge in [0.15, 0.2) is 17.3 Å². The van der Waals surface area contributed by atoms with Crippen LogP contribution in [0, 0.1) is 6.92 Å². The van der Waals surface area contributed by atoms with Gasteiger partial charge in [-0.15, -0.1) is 0 Å². The molecule has 0 aliphatic rings. The number of hydrogen-bond donors (Lipinski definition) is 2. The van der Waals surface area contributed by atoms with Crippen LogP contribution in [0.2, 0.25) is 0 Å². The van der Waals surface area contributed by atoms with E-state index in [0.29, 0.717) is 18.2 Å². The maximum Gasteiger partial charge on any atom is 0.163 e. The van der Waals surface area contributed by atoms with Gasteiger partial charge in [0, 0.05) is 13.2 Å². The lowest BCUT2D eigenvalue weighted by Gasteiger charge is -2.05. The number of hydrazine groups is 1. The summed E-state index contributed by atoms with van der Waals surface area (Å²) < 4.78 is 3.48. The van der Waals surface area contributed by atoms with E-state index in [1.165, 1.54) is 0 Å². The summed E-state index contributed by atoms with van der Waals surface area (Å²) in [7, 11) is 1.83. The van der Waals surface area contributed by atoms with Crippen molar-refractivity contribution in [3.63, 3.8) is 0 Å². The number of nitrogens with zero attached hydrogens (tertiary/aromatic N) is 6. The summed E-state index contributed by atoms with van der Waals surface area (Å²) in [5.41, 5.74) is 4.41. The molecule has 0 amide bonds. The van der Waals surface area contributed by atoms with Crippen molar-refractivity contribution in [2.75, 3.05) is 5.43 Å². The Bertz CT molecular complexity index is 725. The molecule has 3 aromatic rings. The van der Waals surface area contributed by atoms with Crippen LogP contribution in [-0.4, -0.2) is 29.5 Å². The molecule has 0 aromatic carbocycles. The second kappa shape index (κ2) is 4.32. The van der Waals surface area contributed by atoms with Crippen molar-refractivity contribution in [2.24, 2.45) is 12.9 Å². The topological polar surface area (TPSA) is 99.5 Å². The molecule has 0 unspecified atom stereocenters. The molecule has 3 heterocycles. The van der Waals surface area contributed by atoms with E-state index in [2.05, 4.69) is 25.6 Å². The number of fused-ring (bicyclic) bond motifs is 1. The summed E-state index contributed by atoms with van der Waals surface area (Å²) in [6.45, 7) is 2.48. The van der Waals surface area contributed by atoms with Gasteiger partial charge in [-0.3, -0.25) is 9.36 Å². The van der Waals surface area contributed by atoms with Crippen molar-refractivity contribution in [1.29, 1.82) is 0 Å². The van der Waals surface area contributed by atoms with Crippen LogP contribution in [0.25, 0.3) is 11.0 Å². The fourth-order valence-electron chi connectivity index (χ4n) is 1.95. The predicted octanol–water partition coefficient (Wildman–Crippen LogP) is 0.202. The average Bonchev–Trinajstić information content (AvgIpc) is 2.96. The van der Waals surface area contributed by atoms with Crippen LogP contribution in [0.1, 0.15) is 11.4 Å². The van der Waals surface area contributed by atoms with Crippen LogP contribution in [0.15, 0.2) is 18.6 Å². The zero-order valence-electron chi connectivity index (χ0n) is 10.7. The van der Waals surface area contributed by atoms with Crippen LogP contribution in [-0.2, 0) is 13.6 Å². The Morgan fingerprint density at radius 3 is 2.79 bits per heavy atom. The lowest BCUT2D eigenvalue weighted by atomic mass is 10.4. The highest BCUT2D eigenvalue weighted by Gasteiger charge is 2.11. The van der Waals surface area contributed by atoms with E-state index >= 15 is 0 Å². The molecule has 0 saturated carbocycles. The van der Waals surface area contributed by atoms with Gasteiger partial charge in [-0.05, 0) is 12.5 Å². The summed E-state index contributed by atoms with van der Waals surface area (Å²) >= 11 is 0. The van der Waals surface area contributed by atoms with E-state index in [-0.39, 0.29) is 0 Å². The molecule has 0 aliphatic carbocycles. The second-order valence-electron chi connectivity index (χ2n) is 4.35. The third-order valence-electron chi connectivity index (χ3n) is 2.84. The third kappa shape index (κ3) is 2.02. The zero-order chi connectivity index (χ0) is 13.4. The number of nitrogens with one attached hydrogen (secondary N) is 1. The minimum Gasteiger partial charge on any atom is -0.308 e. The molecule has 3 N–H and O–H groups in total. The number of hydrogen-bond acceptors (Lipinski definition) is 6. The van der Waals surface area contributed by atoms with E-state index in [1.54, 1.807) is 21.8 Å². The molecule has 0 saturated heterocycles. The molecule has 19 heavy (non-hydrogen) atoms. The first-order valence-corrected chi connectivity index (χ1v) is 5.81. The molecule has 8 nitrogen and oxygen atoms in total. The van der Waals surface area contributed by atoms with Gasteiger partial charge in [-0.25, -0.2) is 15.8 Å². The van der Waals surface area contributed by atoms with E-state index in [4.69, 9.17) is 5.84 Å². The normalized spacial score (nSPS) is 11.1. The monoisotopic (exact) mass is 258 g/mol.